The molecule has 0 spiro atoms. The molecule has 0 aromatic carbocycles. The van der Waals surface area contributed by atoms with Crippen LogP contribution in [-0.2, 0) is 13.7 Å². The first-order valence-corrected chi connectivity index (χ1v) is 16.6. The molecule has 3 unspecified atom stereocenters. The summed E-state index contributed by atoms with van der Waals surface area (Å²) in [7, 11) is -4.04. The molecule has 4 atom stereocenters. The predicted octanol–water partition coefficient (Wildman–Crippen LogP) is 6.08. The van der Waals surface area contributed by atoms with Crippen molar-refractivity contribution in [3.8, 4) is 6.07 Å². The largest absolute Gasteiger partial charge is 0.411 e. The Bertz CT molecular complexity index is 603. The average molecular weight is 441 g/mol. The molecule has 0 N–H and O–H groups in total. The van der Waals surface area contributed by atoms with Crippen molar-refractivity contribution in [3.63, 3.8) is 0 Å². The fourth-order valence-electron chi connectivity index (χ4n) is 2.81. The van der Waals surface area contributed by atoms with Crippen LogP contribution >= 0.6 is 0 Å². The molecule has 1 heterocycles. The molecule has 1 saturated heterocycles. The first-order valence-electron chi connectivity index (χ1n) is 10.8. The lowest BCUT2D eigenvalue weighted by atomic mass is 9.96. The van der Waals surface area contributed by atoms with Crippen LogP contribution in [0.5, 0.6) is 0 Å². The Morgan fingerprint density at radius 3 is 2.00 bits per heavy atom. The number of hydrogen-bond acceptors (Lipinski definition) is 5. The summed E-state index contributed by atoms with van der Waals surface area (Å²) in [4.78, 5) is 6.36. The summed E-state index contributed by atoms with van der Waals surface area (Å²) in [6, 6.07) is 2.24. The van der Waals surface area contributed by atoms with E-state index in [0.717, 1.165) is 0 Å². The first kappa shape index (κ1) is 26.5. The molecule has 168 valence electrons. The number of hydrogen-bond donors (Lipinski definition) is 0. The van der Waals surface area contributed by atoms with E-state index in [2.05, 4.69) is 87.3 Å². The van der Waals surface area contributed by atoms with E-state index in [1.54, 1.807) is 5.06 Å². The van der Waals surface area contributed by atoms with Crippen molar-refractivity contribution in [2.24, 2.45) is 5.92 Å². The fraction of sp³-hybridized carbons (Fsp3) is 0.864. The Hall–Kier alpha value is -0.496. The van der Waals surface area contributed by atoms with E-state index in [1.165, 1.54) is 0 Å². The standard InChI is InChI=1S/C22H44N2O3Si2/c1-13-17(2)20-18(26-28(9,10)21(3,4)5)16-19(24(25-20)15-14-23)27-29(11,12)22(6,7)8/h13,17-20H,1,15-16H2,2-12H3/t17-,18?,19?,20?/m0/s1. The van der Waals surface area contributed by atoms with Crippen molar-refractivity contribution in [1.29, 1.82) is 5.26 Å². The monoisotopic (exact) mass is 440 g/mol. The molecule has 5 nitrogen and oxygen atoms in total. The van der Waals surface area contributed by atoms with E-state index in [0.29, 0.717) is 6.42 Å². The molecule has 7 heteroatoms. The van der Waals surface area contributed by atoms with Crippen molar-refractivity contribution < 1.29 is 13.7 Å². The molecule has 1 aliphatic heterocycles. The van der Waals surface area contributed by atoms with Crippen molar-refractivity contribution in [1.82, 2.24) is 5.06 Å². The summed E-state index contributed by atoms with van der Waals surface area (Å²) < 4.78 is 13.5. The SMILES string of the molecule is C=C[C@H](C)C1ON(CC#N)C(O[Si](C)(C)C(C)(C)C)CC1O[Si](C)(C)C(C)(C)C. The van der Waals surface area contributed by atoms with Gasteiger partial charge in [-0.1, -0.05) is 54.5 Å². The summed E-state index contributed by atoms with van der Waals surface area (Å²) in [6.45, 7) is 28.7. The highest BCUT2D eigenvalue weighted by molar-refractivity contribution is 6.74. The van der Waals surface area contributed by atoms with E-state index in [4.69, 9.17) is 13.7 Å². The van der Waals surface area contributed by atoms with Crippen molar-refractivity contribution in [2.75, 3.05) is 6.54 Å². The van der Waals surface area contributed by atoms with Gasteiger partial charge in [-0.25, -0.2) is 0 Å². The van der Waals surface area contributed by atoms with Crippen LogP contribution in [0.1, 0.15) is 54.9 Å². The van der Waals surface area contributed by atoms with Gasteiger partial charge in [-0.05, 0) is 36.3 Å². The minimum atomic E-state index is -2.04. The molecular weight excluding hydrogens is 396 g/mol. The molecule has 0 bridgehead atoms. The maximum absolute atomic E-state index is 9.38. The third-order valence-electron chi connectivity index (χ3n) is 6.98. The van der Waals surface area contributed by atoms with Gasteiger partial charge in [-0.3, -0.25) is 4.84 Å². The lowest BCUT2D eigenvalue weighted by Crippen LogP contribution is -2.60. The second kappa shape index (κ2) is 9.33. The Morgan fingerprint density at radius 2 is 1.59 bits per heavy atom. The second-order valence-electron chi connectivity index (χ2n) is 11.4. The van der Waals surface area contributed by atoms with E-state index < -0.39 is 16.6 Å². The van der Waals surface area contributed by atoms with Crippen LogP contribution in [0.15, 0.2) is 12.7 Å². The Balaban J connectivity index is 3.24. The molecule has 0 aromatic heterocycles. The molecule has 1 rings (SSSR count). The average Bonchev–Trinajstić information content (AvgIpc) is 2.53. The third kappa shape index (κ3) is 6.49. The molecule has 0 radical (unpaired) electrons. The van der Waals surface area contributed by atoms with Gasteiger partial charge < -0.3 is 8.85 Å². The van der Waals surface area contributed by atoms with Gasteiger partial charge in [0.15, 0.2) is 16.6 Å². The molecule has 29 heavy (non-hydrogen) atoms. The van der Waals surface area contributed by atoms with Crippen molar-refractivity contribution >= 4 is 16.6 Å². The van der Waals surface area contributed by atoms with E-state index in [1.807, 2.05) is 6.08 Å². The first-order chi connectivity index (χ1) is 13.0. The van der Waals surface area contributed by atoms with Crippen LogP contribution in [0.25, 0.3) is 0 Å². The van der Waals surface area contributed by atoms with Gasteiger partial charge in [-0.15, -0.1) is 11.6 Å². The smallest absolute Gasteiger partial charge is 0.194 e. The van der Waals surface area contributed by atoms with E-state index in [9.17, 15) is 5.26 Å². The van der Waals surface area contributed by atoms with Crippen LogP contribution in [-0.4, -0.2) is 46.7 Å². The van der Waals surface area contributed by atoms with Gasteiger partial charge in [0, 0.05) is 12.3 Å². The highest BCUT2D eigenvalue weighted by Gasteiger charge is 2.48. The Labute approximate surface area is 181 Å². The molecule has 1 aliphatic rings. The van der Waals surface area contributed by atoms with Gasteiger partial charge in [0.1, 0.15) is 18.9 Å². The van der Waals surface area contributed by atoms with E-state index in [-0.39, 0.29) is 41.0 Å². The highest BCUT2D eigenvalue weighted by atomic mass is 28.4. The minimum absolute atomic E-state index is 0.0757. The molecule has 0 aromatic rings. The lowest BCUT2D eigenvalue weighted by molar-refractivity contribution is -0.312. The van der Waals surface area contributed by atoms with Gasteiger partial charge in [0.2, 0.25) is 0 Å². The molecule has 1 fully saturated rings. The number of nitriles is 1. The van der Waals surface area contributed by atoms with Gasteiger partial charge >= 0.3 is 0 Å². The number of hydroxylamine groups is 2. The van der Waals surface area contributed by atoms with Crippen molar-refractivity contribution in [3.05, 3.63) is 12.7 Å². The number of rotatable bonds is 7. The Kier molecular flexibility index (Phi) is 8.54. The molecular formula is C22H44N2O3Si2. The zero-order valence-corrected chi connectivity index (χ0v) is 22.6. The van der Waals surface area contributed by atoms with Crippen LogP contribution < -0.4 is 0 Å². The third-order valence-corrected chi connectivity index (χ3v) is 16.0. The topological polar surface area (TPSA) is 54.7 Å². The summed E-state index contributed by atoms with van der Waals surface area (Å²) in [5, 5.41) is 11.3. The molecule has 0 aliphatic carbocycles. The van der Waals surface area contributed by atoms with Crippen LogP contribution in [0, 0.1) is 17.2 Å². The zero-order chi connectivity index (χ0) is 22.8. The molecule has 0 saturated carbocycles. The van der Waals surface area contributed by atoms with Crippen molar-refractivity contribution in [2.45, 2.75) is 110 Å². The van der Waals surface area contributed by atoms with Gasteiger partial charge in [0.25, 0.3) is 0 Å². The summed E-state index contributed by atoms with van der Waals surface area (Å²) in [6.07, 6.45) is 2.07. The Morgan fingerprint density at radius 1 is 1.10 bits per heavy atom. The highest BCUT2D eigenvalue weighted by Crippen LogP contribution is 2.42. The maximum atomic E-state index is 9.38. The fourth-order valence-corrected chi connectivity index (χ4v) is 5.40. The van der Waals surface area contributed by atoms with Crippen LogP contribution in [0.2, 0.25) is 36.3 Å². The predicted molar refractivity (Wildman–Crippen MR) is 125 cm³/mol. The van der Waals surface area contributed by atoms with Gasteiger partial charge in [-0.2, -0.15) is 5.26 Å². The van der Waals surface area contributed by atoms with Gasteiger partial charge in [0.05, 0.1) is 12.2 Å². The quantitative estimate of drug-likeness (QED) is 0.273. The second-order valence-corrected chi connectivity index (χ2v) is 20.9. The summed E-state index contributed by atoms with van der Waals surface area (Å²) >= 11 is 0. The van der Waals surface area contributed by atoms with Crippen LogP contribution in [0.4, 0.5) is 0 Å². The summed E-state index contributed by atoms with van der Waals surface area (Å²) in [5.74, 6) is 0.111. The van der Waals surface area contributed by atoms with E-state index >= 15 is 0 Å². The summed E-state index contributed by atoms with van der Waals surface area (Å²) in [5.41, 5.74) is 0. The maximum Gasteiger partial charge on any atom is 0.194 e. The minimum Gasteiger partial charge on any atom is -0.411 e. The number of nitrogens with zero attached hydrogens (tertiary/aromatic N) is 2. The normalized spacial score (nSPS) is 26.1. The van der Waals surface area contributed by atoms with Crippen LogP contribution in [0.3, 0.4) is 0 Å². The zero-order valence-electron chi connectivity index (χ0n) is 20.6. The molecule has 0 amide bonds. The lowest BCUT2D eigenvalue weighted by Gasteiger charge is -2.50.